The molecule has 2 N–H and O–H groups in total. The van der Waals surface area contributed by atoms with E-state index in [-0.39, 0.29) is 17.0 Å². The van der Waals surface area contributed by atoms with Crippen molar-refractivity contribution in [3.63, 3.8) is 0 Å². The number of anilines is 1. The summed E-state index contributed by atoms with van der Waals surface area (Å²) < 4.78 is 15.1. The van der Waals surface area contributed by atoms with E-state index in [1.54, 1.807) is 0 Å². The zero-order chi connectivity index (χ0) is 30.6. The van der Waals surface area contributed by atoms with Crippen molar-refractivity contribution in [3.8, 4) is 11.1 Å². The summed E-state index contributed by atoms with van der Waals surface area (Å²) in [5.41, 5.74) is 4.27. The Hall–Kier alpha value is -3.27. The number of benzene rings is 3. The fourth-order valence-corrected chi connectivity index (χ4v) is 10.7. The lowest BCUT2D eigenvalue weighted by molar-refractivity contribution is -0.115. The molecule has 1 amide bonds. The lowest BCUT2D eigenvalue weighted by Gasteiger charge is -2.43. The fraction of sp³-hybridized carbons (Fsp3) is 0.353. The molecule has 5 rings (SSSR count). The van der Waals surface area contributed by atoms with E-state index in [4.69, 9.17) is 25.9 Å². The van der Waals surface area contributed by atoms with E-state index in [1.807, 2.05) is 30.1 Å². The SMILES string of the molecule is CN[C@H](C)COCc1nn(CCO[Si](c2ccccc2)(c2ccccc2)C(C)(C)C)cc1-c1cc(Cl)c2c(c1)CC(=O)N2. The number of amides is 1. The second-order valence-corrected chi connectivity index (χ2v) is 16.9. The number of nitrogens with one attached hydrogen (secondary N) is 2. The molecule has 43 heavy (non-hydrogen) atoms. The molecule has 7 nitrogen and oxygen atoms in total. The Morgan fingerprint density at radius 3 is 2.33 bits per heavy atom. The molecule has 0 saturated carbocycles. The lowest BCUT2D eigenvalue weighted by Crippen LogP contribution is -2.66. The number of hydrogen-bond acceptors (Lipinski definition) is 5. The van der Waals surface area contributed by atoms with Crippen LogP contribution in [0.4, 0.5) is 5.69 Å². The van der Waals surface area contributed by atoms with Gasteiger partial charge in [-0.15, -0.1) is 0 Å². The molecular weight excluding hydrogens is 576 g/mol. The molecular formula is C34H41ClN4O3Si. The Morgan fingerprint density at radius 1 is 1.07 bits per heavy atom. The van der Waals surface area contributed by atoms with Gasteiger partial charge in [0.1, 0.15) is 0 Å². The number of hydrogen-bond donors (Lipinski definition) is 2. The average Bonchev–Trinajstić information content (AvgIpc) is 3.58. The van der Waals surface area contributed by atoms with E-state index in [9.17, 15) is 4.79 Å². The predicted octanol–water partition coefficient (Wildman–Crippen LogP) is 5.40. The first-order valence-corrected chi connectivity index (χ1v) is 17.1. The Balaban J connectivity index is 1.45. The van der Waals surface area contributed by atoms with Gasteiger partial charge in [0.15, 0.2) is 0 Å². The molecule has 0 bridgehead atoms. The van der Waals surface area contributed by atoms with E-state index >= 15 is 0 Å². The van der Waals surface area contributed by atoms with Crippen LogP contribution in [0.1, 0.15) is 39.0 Å². The van der Waals surface area contributed by atoms with Crippen molar-refractivity contribution in [1.82, 2.24) is 15.1 Å². The highest BCUT2D eigenvalue weighted by Gasteiger charge is 2.50. The van der Waals surface area contributed by atoms with Gasteiger partial charge in [0.25, 0.3) is 8.32 Å². The van der Waals surface area contributed by atoms with E-state index in [2.05, 4.69) is 99.0 Å². The highest BCUT2D eigenvalue weighted by Crippen LogP contribution is 2.38. The molecule has 3 aromatic carbocycles. The van der Waals surface area contributed by atoms with Crippen LogP contribution in [0.15, 0.2) is 79.0 Å². The quantitative estimate of drug-likeness (QED) is 0.209. The molecule has 0 spiro atoms. The Bertz CT molecular complexity index is 1510. The minimum atomic E-state index is -2.67. The third kappa shape index (κ3) is 6.64. The molecule has 0 aliphatic carbocycles. The molecule has 1 atom stereocenters. The summed E-state index contributed by atoms with van der Waals surface area (Å²) in [6, 6.07) is 25.5. The van der Waals surface area contributed by atoms with Crippen molar-refractivity contribution in [2.45, 2.75) is 58.3 Å². The molecule has 2 heterocycles. The second-order valence-electron chi connectivity index (χ2n) is 12.2. The van der Waals surface area contributed by atoms with Crippen LogP contribution < -0.4 is 21.0 Å². The van der Waals surface area contributed by atoms with Crippen LogP contribution in [-0.2, 0) is 33.5 Å². The number of carbonyl (C=O) groups excluding carboxylic acids is 1. The van der Waals surface area contributed by atoms with Crippen molar-refractivity contribution in [2.24, 2.45) is 0 Å². The molecule has 1 aliphatic rings. The Morgan fingerprint density at radius 2 is 1.72 bits per heavy atom. The van der Waals surface area contributed by atoms with Crippen LogP contribution in [0.2, 0.25) is 10.1 Å². The second kappa shape index (κ2) is 13.2. The number of fused-ring (bicyclic) bond motifs is 1. The normalized spacial score (nSPS) is 14.0. The van der Waals surface area contributed by atoms with Crippen LogP contribution in [0.3, 0.4) is 0 Å². The van der Waals surface area contributed by atoms with Gasteiger partial charge in [0.05, 0.1) is 49.2 Å². The van der Waals surface area contributed by atoms with Gasteiger partial charge in [0, 0.05) is 17.8 Å². The Kier molecular flexibility index (Phi) is 9.53. The number of rotatable bonds is 12. The molecule has 0 radical (unpaired) electrons. The summed E-state index contributed by atoms with van der Waals surface area (Å²) in [6.45, 7) is 10.9. The zero-order valence-electron chi connectivity index (χ0n) is 25.6. The summed E-state index contributed by atoms with van der Waals surface area (Å²) in [4.78, 5) is 12.1. The van der Waals surface area contributed by atoms with Crippen molar-refractivity contribution in [2.75, 3.05) is 25.6 Å². The monoisotopic (exact) mass is 616 g/mol. The molecule has 226 valence electrons. The summed E-state index contributed by atoms with van der Waals surface area (Å²) in [7, 11) is -0.748. The molecule has 4 aromatic rings. The van der Waals surface area contributed by atoms with Crippen molar-refractivity contribution >= 4 is 41.9 Å². The zero-order valence-corrected chi connectivity index (χ0v) is 27.4. The van der Waals surface area contributed by atoms with Gasteiger partial charge < -0.3 is 19.8 Å². The first-order valence-electron chi connectivity index (χ1n) is 14.8. The van der Waals surface area contributed by atoms with Gasteiger partial charge >= 0.3 is 0 Å². The van der Waals surface area contributed by atoms with Gasteiger partial charge in [-0.2, -0.15) is 5.10 Å². The van der Waals surface area contributed by atoms with Gasteiger partial charge in [-0.25, -0.2) is 0 Å². The van der Waals surface area contributed by atoms with Gasteiger partial charge in [-0.1, -0.05) is 93.0 Å². The first-order chi connectivity index (χ1) is 20.6. The van der Waals surface area contributed by atoms with Crippen LogP contribution in [0.5, 0.6) is 0 Å². The van der Waals surface area contributed by atoms with Crippen molar-refractivity contribution in [1.29, 1.82) is 0 Å². The van der Waals surface area contributed by atoms with Gasteiger partial charge in [-0.3, -0.25) is 9.48 Å². The summed E-state index contributed by atoms with van der Waals surface area (Å²) in [5, 5.41) is 13.9. The minimum absolute atomic E-state index is 0.0464. The van der Waals surface area contributed by atoms with Crippen LogP contribution >= 0.6 is 11.6 Å². The fourth-order valence-electron chi connectivity index (χ4n) is 5.85. The maximum Gasteiger partial charge on any atom is 0.261 e. The van der Waals surface area contributed by atoms with Gasteiger partial charge in [0.2, 0.25) is 5.91 Å². The van der Waals surface area contributed by atoms with Crippen molar-refractivity contribution in [3.05, 3.63) is 95.3 Å². The molecule has 1 aromatic heterocycles. The van der Waals surface area contributed by atoms with Crippen LogP contribution in [0.25, 0.3) is 11.1 Å². The maximum absolute atomic E-state index is 12.1. The topological polar surface area (TPSA) is 77.4 Å². The van der Waals surface area contributed by atoms with Crippen LogP contribution in [0, 0.1) is 0 Å². The summed E-state index contributed by atoms with van der Waals surface area (Å²) in [6.07, 6.45) is 2.35. The third-order valence-corrected chi connectivity index (χ3v) is 13.4. The number of halogens is 1. The van der Waals surface area contributed by atoms with E-state index in [0.29, 0.717) is 43.5 Å². The highest BCUT2D eigenvalue weighted by molar-refractivity contribution is 6.99. The smallest absolute Gasteiger partial charge is 0.261 e. The first kappa shape index (κ1) is 31.2. The molecule has 0 saturated heterocycles. The van der Waals surface area contributed by atoms with E-state index in [0.717, 1.165) is 22.4 Å². The van der Waals surface area contributed by atoms with Gasteiger partial charge in [-0.05, 0) is 52.6 Å². The number of likely N-dealkylation sites (N-methyl/N-ethyl adjacent to an activating group) is 1. The maximum atomic E-state index is 12.1. The predicted molar refractivity (Wildman–Crippen MR) is 177 cm³/mol. The highest BCUT2D eigenvalue weighted by atomic mass is 35.5. The third-order valence-electron chi connectivity index (χ3n) is 8.09. The number of ether oxygens (including phenoxy) is 1. The minimum Gasteiger partial charge on any atom is -0.406 e. The van der Waals surface area contributed by atoms with Crippen LogP contribution in [-0.4, -0.2) is 50.3 Å². The molecule has 0 fully saturated rings. The molecule has 9 heteroatoms. The molecule has 1 aliphatic heterocycles. The average molecular weight is 617 g/mol. The number of aromatic nitrogens is 2. The lowest BCUT2D eigenvalue weighted by atomic mass is 10.0. The van der Waals surface area contributed by atoms with E-state index < -0.39 is 8.32 Å². The summed E-state index contributed by atoms with van der Waals surface area (Å²) in [5.74, 6) is -0.0464. The largest absolute Gasteiger partial charge is 0.406 e. The standard InChI is InChI=1S/C34H41ClN4O3Si/c1-24(36-5)22-41-23-31-29(25-18-26-20-32(40)37-33(26)30(35)19-25)21-39(38-31)16-17-42-43(34(2,3)4,27-12-8-6-9-13-27)28-14-10-7-11-15-28/h6-15,18-19,21,24,36H,16-17,20,22-23H2,1-5H3,(H,37,40)/t24-/m1/s1. The van der Waals surface area contributed by atoms with E-state index in [1.165, 1.54) is 10.4 Å². The summed E-state index contributed by atoms with van der Waals surface area (Å²) >= 11 is 6.61. The van der Waals surface area contributed by atoms with Crippen molar-refractivity contribution < 1.29 is 14.0 Å². The Labute approximate surface area is 260 Å². The number of nitrogens with zero attached hydrogens (tertiary/aromatic N) is 2. The number of carbonyl (C=O) groups is 1. The molecule has 0 unspecified atom stereocenters.